The van der Waals surface area contributed by atoms with Crippen LogP contribution in [0.2, 0.25) is 0 Å². The Kier molecular flexibility index (Phi) is 4.88. The van der Waals surface area contributed by atoms with Gasteiger partial charge in [0.05, 0.1) is 0 Å². The van der Waals surface area contributed by atoms with Gasteiger partial charge in [-0.2, -0.15) is 4.98 Å². The molecule has 0 aliphatic heterocycles. The van der Waals surface area contributed by atoms with E-state index in [0.717, 1.165) is 22.1 Å². The van der Waals surface area contributed by atoms with Crippen molar-refractivity contribution >= 4 is 16.7 Å². The molecule has 0 unspecified atom stereocenters. The van der Waals surface area contributed by atoms with Crippen molar-refractivity contribution in [1.82, 2.24) is 10.1 Å². The molecule has 7 nitrogen and oxygen atoms in total. The first kappa shape index (κ1) is 17.5. The molecule has 1 heterocycles. The fourth-order valence-electron chi connectivity index (χ4n) is 2.69. The van der Waals surface area contributed by atoms with Crippen LogP contribution in [0.25, 0.3) is 22.2 Å². The normalized spacial score (nSPS) is 10.7. The summed E-state index contributed by atoms with van der Waals surface area (Å²) in [5.74, 6) is 1.55. The van der Waals surface area contributed by atoms with Crippen LogP contribution in [-0.4, -0.2) is 22.7 Å². The predicted octanol–water partition coefficient (Wildman–Crippen LogP) is 3.33. The first-order valence-corrected chi connectivity index (χ1v) is 8.63. The van der Waals surface area contributed by atoms with E-state index < -0.39 is 5.91 Å². The number of fused-ring (bicyclic) bond motifs is 1. The Morgan fingerprint density at radius 3 is 2.46 bits per heavy atom. The lowest BCUT2D eigenvalue weighted by molar-refractivity contribution is -0.119. The molecule has 0 aliphatic carbocycles. The Morgan fingerprint density at radius 1 is 0.929 bits per heavy atom. The summed E-state index contributed by atoms with van der Waals surface area (Å²) in [6, 6.07) is 20.9. The zero-order valence-electron chi connectivity index (χ0n) is 14.9. The molecule has 140 valence electrons. The molecule has 0 aliphatic rings. The van der Waals surface area contributed by atoms with Gasteiger partial charge < -0.3 is 19.7 Å². The first-order valence-electron chi connectivity index (χ1n) is 8.63. The molecule has 7 heteroatoms. The second kappa shape index (κ2) is 7.79. The van der Waals surface area contributed by atoms with Crippen molar-refractivity contribution in [3.8, 4) is 22.9 Å². The average Bonchev–Trinajstić information content (AvgIpc) is 3.20. The van der Waals surface area contributed by atoms with Crippen molar-refractivity contribution < 1.29 is 18.8 Å². The third kappa shape index (κ3) is 4.09. The highest BCUT2D eigenvalue weighted by Crippen LogP contribution is 2.23. The third-order valence-corrected chi connectivity index (χ3v) is 4.04. The van der Waals surface area contributed by atoms with Gasteiger partial charge in [0, 0.05) is 5.56 Å². The third-order valence-electron chi connectivity index (χ3n) is 4.04. The number of hydrogen-bond donors (Lipinski definition) is 1. The van der Waals surface area contributed by atoms with Gasteiger partial charge in [0.15, 0.2) is 13.2 Å². The maximum Gasteiger partial charge on any atom is 0.264 e. The van der Waals surface area contributed by atoms with Gasteiger partial charge >= 0.3 is 0 Å². The number of amides is 1. The molecule has 0 saturated heterocycles. The van der Waals surface area contributed by atoms with E-state index in [1.54, 1.807) is 24.3 Å². The molecule has 1 amide bonds. The number of aromatic nitrogens is 2. The van der Waals surface area contributed by atoms with Gasteiger partial charge in [-0.25, -0.2) is 0 Å². The number of carbonyl (C=O) groups is 1. The van der Waals surface area contributed by atoms with E-state index in [1.165, 1.54) is 0 Å². The number of ether oxygens (including phenoxy) is 2. The summed E-state index contributed by atoms with van der Waals surface area (Å²) in [7, 11) is 0. The highest BCUT2D eigenvalue weighted by atomic mass is 16.5. The average molecular weight is 375 g/mol. The fourth-order valence-corrected chi connectivity index (χ4v) is 2.69. The molecular formula is C21H17N3O4. The molecule has 0 atom stereocenters. The lowest BCUT2D eigenvalue weighted by atomic mass is 10.1. The predicted molar refractivity (Wildman–Crippen MR) is 103 cm³/mol. The summed E-state index contributed by atoms with van der Waals surface area (Å²) in [5.41, 5.74) is 5.81. The Bertz CT molecular complexity index is 1110. The van der Waals surface area contributed by atoms with Crippen molar-refractivity contribution in [2.75, 3.05) is 6.61 Å². The minimum Gasteiger partial charge on any atom is -0.484 e. The van der Waals surface area contributed by atoms with Crippen LogP contribution < -0.4 is 15.2 Å². The summed E-state index contributed by atoms with van der Waals surface area (Å²) < 4.78 is 16.2. The van der Waals surface area contributed by atoms with Crippen molar-refractivity contribution in [2.24, 2.45) is 5.73 Å². The maximum atomic E-state index is 10.7. The summed E-state index contributed by atoms with van der Waals surface area (Å²) in [6.07, 6.45) is 0. The molecule has 0 radical (unpaired) electrons. The molecule has 0 spiro atoms. The molecule has 2 N–H and O–H groups in total. The van der Waals surface area contributed by atoms with Gasteiger partial charge in [0.1, 0.15) is 11.5 Å². The minimum absolute atomic E-state index is 0.169. The van der Waals surface area contributed by atoms with Crippen LogP contribution in [0.4, 0.5) is 0 Å². The molecule has 0 saturated carbocycles. The quantitative estimate of drug-likeness (QED) is 0.532. The van der Waals surface area contributed by atoms with Gasteiger partial charge in [0.25, 0.3) is 11.8 Å². The van der Waals surface area contributed by atoms with Crippen molar-refractivity contribution in [2.45, 2.75) is 6.61 Å². The molecule has 28 heavy (non-hydrogen) atoms. The summed E-state index contributed by atoms with van der Waals surface area (Å²) >= 11 is 0. The second-order valence-corrected chi connectivity index (χ2v) is 6.09. The van der Waals surface area contributed by atoms with Crippen LogP contribution in [0.1, 0.15) is 5.89 Å². The summed E-state index contributed by atoms with van der Waals surface area (Å²) in [4.78, 5) is 15.1. The van der Waals surface area contributed by atoms with E-state index in [4.69, 9.17) is 19.7 Å². The lowest BCUT2D eigenvalue weighted by Gasteiger charge is -2.04. The smallest absolute Gasteiger partial charge is 0.264 e. The number of carbonyl (C=O) groups excluding carboxylic acids is 1. The number of primary amides is 1. The Labute approximate surface area is 160 Å². The second-order valence-electron chi connectivity index (χ2n) is 6.09. The number of hydrogen-bond acceptors (Lipinski definition) is 6. The monoisotopic (exact) mass is 375 g/mol. The SMILES string of the molecule is NC(=O)COc1ccc(-c2noc(COc3ccc4ccccc4c3)n2)cc1. The van der Waals surface area contributed by atoms with Crippen LogP contribution in [-0.2, 0) is 11.4 Å². The number of benzene rings is 3. The van der Waals surface area contributed by atoms with Crippen molar-refractivity contribution in [3.05, 3.63) is 72.6 Å². The van der Waals surface area contributed by atoms with E-state index in [9.17, 15) is 4.79 Å². The molecule has 3 aromatic carbocycles. The van der Waals surface area contributed by atoms with Crippen LogP contribution in [0.15, 0.2) is 71.3 Å². The van der Waals surface area contributed by atoms with E-state index in [2.05, 4.69) is 10.1 Å². The highest BCUT2D eigenvalue weighted by Gasteiger charge is 2.10. The maximum absolute atomic E-state index is 10.7. The molecule has 1 aromatic heterocycles. The molecule has 0 fully saturated rings. The van der Waals surface area contributed by atoms with Gasteiger partial charge in [-0.15, -0.1) is 0 Å². The standard InChI is InChI=1S/C21H17N3O4/c22-19(25)12-26-17-8-6-15(7-9-17)21-23-20(28-24-21)13-27-18-10-5-14-3-1-2-4-16(14)11-18/h1-11H,12-13H2,(H2,22,25). The molecule has 0 bridgehead atoms. The fraction of sp³-hybridized carbons (Fsp3) is 0.0952. The Balaban J connectivity index is 1.40. The van der Waals surface area contributed by atoms with Gasteiger partial charge in [-0.05, 0) is 47.2 Å². The van der Waals surface area contributed by atoms with Crippen molar-refractivity contribution in [3.63, 3.8) is 0 Å². The molecule has 4 rings (SSSR count). The summed E-state index contributed by atoms with van der Waals surface area (Å²) in [5, 5.41) is 6.22. The lowest BCUT2D eigenvalue weighted by Crippen LogP contribution is -2.19. The Morgan fingerprint density at radius 2 is 1.68 bits per heavy atom. The summed E-state index contributed by atoms with van der Waals surface area (Å²) in [6.45, 7) is 0.00294. The van der Waals surface area contributed by atoms with Gasteiger partial charge in [-0.1, -0.05) is 35.5 Å². The van der Waals surface area contributed by atoms with Crippen LogP contribution in [0, 0.1) is 0 Å². The first-order chi connectivity index (χ1) is 13.7. The molecule has 4 aromatic rings. The van der Waals surface area contributed by atoms with Crippen LogP contribution in [0.5, 0.6) is 11.5 Å². The Hall–Kier alpha value is -3.87. The number of nitrogens with two attached hydrogens (primary N) is 1. The molecular weight excluding hydrogens is 358 g/mol. The van der Waals surface area contributed by atoms with E-state index in [0.29, 0.717) is 17.5 Å². The van der Waals surface area contributed by atoms with Gasteiger partial charge in [0.2, 0.25) is 5.82 Å². The zero-order chi connectivity index (χ0) is 19.3. The zero-order valence-corrected chi connectivity index (χ0v) is 14.9. The van der Waals surface area contributed by atoms with Gasteiger partial charge in [-0.3, -0.25) is 4.79 Å². The van der Waals surface area contributed by atoms with Crippen molar-refractivity contribution in [1.29, 1.82) is 0 Å². The van der Waals surface area contributed by atoms with Crippen LogP contribution in [0.3, 0.4) is 0 Å². The number of nitrogens with zero attached hydrogens (tertiary/aromatic N) is 2. The topological polar surface area (TPSA) is 100 Å². The minimum atomic E-state index is -0.529. The number of rotatable bonds is 7. The van der Waals surface area contributed by atoms with E-state index in [-0.39, 0.29) is 13.2 Å². The van der Waals surface area contributed by atoms with E-state index >= 15 is 0 Å². The highest BCUT2D eigenvalue weighted by molar-refractivity contribution is 5.83. The largest absolute Gasteiger partial charge is 0.484 e. The van der Waals surface area contributed by atoms with E-state index in [1.807, 2.05) is 42.5 Å². The van der Waals surface area contributed by atoms with Crippen LogP contribution >= 0.6 is 0 Å².